The molecule has 0 unspecified atom stereocenters. The van der Waals surface area contributed by atoms with E-state index in [1.807, 2.05) is 24.1 Å². The summed E-state index contributed by atoms with van der Waals surface area (Å²) in [5.41, 5.74) is 4.94. The third kappa shape index (κ3) is 3.32. The molecule has 0 spiro atoms. The second-order valence-corrected chi connectivity index (χ2v) is 5.42. The summed E-state index contributed by atoms with van der Waals surface area (Å²) in [5, 5.41) is 3.04. The third-order valence-electron chi connectivity index (χ3n) is 3.99. The highest BCUT2D eigenvalue weighted by Gasteiger charge is 2.21. The Balaban J connectivity index is 0.00000176. The number of rotatable bonds is 3. The molecule has 2 aromatic rings. The smallest absolute Gasteiger partial charge is 0.224 e. The highest BCUT2D eigenvalue weighted by molar-refractivity contribution is 5.85. The molecule has 1 aliphatic heterocycles. The van der Waals surface area contributed by atoms with Gasteiger partial charge in [-0.25, -0.2) is 0 Å². The van der Waals surface area contributed by atoms with Crippen LogP contribution in [0.25, 0.3) is 11.1 Å². The summed E-state index contributed by atoms with van der Waals surface area (Å²) in [4.78, 5) is 14.4. The fourth-order valence-corrected chi connectivity index (χ4v) is 2.88. The first-order valence-corrected chi connectivity index (χ1v) is 7.38. The Morgan fingerprint density at radius 3 is 2.00 bits per heavy atom. The van der Waals surface area contributed by atoms with Crippen molar-refractivity contribution in [1.29, 1.82) is 0 Å². The van der Waals surface area contributed by atoms with Crippen LogP contribution in [0, 0.1) is 0 Å². The zero-order valence-electron chi connectivity index (χ0n) is 12.7. The molecule has 2 aromatic carbocycles. The van der Waals surface area contributed by atoms with E-state index in [-0.39, 0.29) is 18.3 Å². The van der Waals surface area contributed by atoms with E-state index in [9.17, 15) is 4.79 Å². The fraction of sp³-hybridized carbons (Fsp3) is 0.278. The molecule has 3 nitrogen and oxygen atoms in total. The Kier molecular flexibility index (Phi) is 5.58. The SMILES string of the molecule is CNCCC(=O)N1Cc2ccccc2-c2ccccc2C1.Cl. The van der Waals surface area contributed by atoms with Crippen LogP contribution in [-0.4, -0.2) is 24.4 Å². The first kappa shape index (κ1) is 16.5. The van der Waals surface area contributed by atoms with Gasteiger partial charge in [0.2, 0.25) is 5.91 Å². The summed E-state index contributed by atoms with van der Waals surface area (Å²) in [5.74, 6) is 0.204. The van der Waals surface area contributed by atoms with Crippen molar-refractivity contribution in [2.24, 2.45) is 0 Å². The lowest BCUT2D eigenvalue weighted by Gasteiger charge is -2.21. The summed E-state index contributed by atoms with van der Waals surface area (Å²) in [6, 6.07) is 16.8. The van der Waals surface area contributed by atoms with Gasteiger partial charge in [0.25, 0.3) is 0 Å². The maximum absolute atomic E-state index is 12.4. The molecule has 1 aliphatic rings. The zero-order chi connectivity index (χ0) is 14.7. The Morgan fingerprint density at radius 1 is 1.00 bits per heavy atom. The predicted octanol–water partition coefficient (Wildman–Crippen LogP) is 3.23. The molecule has 1 amide bonds. The molecule has 0 aliphatic carbocycles. The maximum atomic E-state index is 12.4. The lowest BCUT2D eigenvalue weighted by molar-refractivity contribution is -0.132. The van der Waals surface area contributed by atoms with Gasteiger partial charge < -0.3 is 10.2 Å². The Labute approximate surface area is 137 Å². The molecule has 116 valence electrons. The number of carbonyl (C=O) groups is 1. The van der Waals surface area contributed by atoms with Crippen LogP contribution in [0.3, 0.4) is 0 Å². The molecule has 0 aromatic heterocycles. The highest BCUT2D eigenvalue weighted by Crippen LogP contribution is 2.32. The molecule has 3 rings (SSSR count). The van der Waals surface area contributed by atoms with Crippen molar-refractivity contribution in [2.75, 3.05) is 13.6 Å². The second-order valence-electron chi connectivity index (χ2n) is 5.42. The van der Waals surface area contributed by atoms with Crippen LogP contribution in [0.2, 0.25) is 0 Å². The topological polar surface area (TPSA) is 32.3 Å². The number of carbonyl (C=O) groups excluding carboxylic acids is 1. The molecule has 0 saturated carbocycles. The quantitative estimate of drug-likeness (QED) is 0.943. The van der Waals surface area contributed by atoms with Gasteiger partial charge in [-0.1, -0.05) is 48.5 Å². The van der Waals surface area contributed by atoms with E-state index < -0.39 is 0 Å². The molecule has 0 bridgehead atoms. The molecule has 22 heavy (non-hydrogen) atoms. The van der Waals surface area contributed by atoms with E-state index >= 15 is 0 Å². The van der Waals surface area contributed by atoms with Gasteiger partial charge in [0, 0.05) is 26.1 Å². The number of fused-ring (bicyclic) bond motifs is 3. The van der Waals surface area contributed by atoms with Crippen molar-refractivity contribution in [3.05, 3.63) is 59.7 Å². The number of benzene rings is 2. The number of halogens is 1. The van der Waals surface area contributed by atoms with E-state index in [1.165, 1.54) is 22.3 Å². The number of amides is 1. The summed E-state index contributed by atoms with van der Waals surface area (Å²) in [6.07, 6.45) is 0.542. The summed E-state index contributed by atoms with van der Waals surface area (Å²) in [6.45, 7) is 2.10. The molecular formula is C18H21ClN2O. The van der Waals surface area contributed by atoms with Gasteiger partial charge in [-0.2, -0.15) is 0 Å². The van der Waals surface area contributed by atoms with Crippen LogP contribution >= 0.6 is 12.4 Å². The summed E-state index contributed by atoms with van der Waals surface area (Å²) in [7, 11) is 1.88. The van der Waals surface area contributed by atoms with Crippen LogP contribution in [0.5, 0.6) is 0 Å². The van der Waals surface area contributed by atoms with Gasteiger partial charge in [0.1, 0.15) is 0 Å². The standard InChI is InChI=1S/C18H20N2O.ClH/c1-19-11-10-18(21)20-12-14-6-2-4-8-16(14)17-9-5-3-7-15(17)13-20;/h2-9,19H,10-13H2,1H3;1H. The van der Waals surface area contributed by atoms with Gasteiger partial charge in [-0.3, -0.25) is 4.79 Å². The Bertz CT molecular complexity index is 610. The number of hydrogen-bond donors (Lipinski definition) is 1. The van der Waals surface area contributed by atoms with E-state index in [1.54, 1.807) is 0 Å². The zero-order valence-corrected chi connectivity index (χ0v) is 13.5. The van der Waals surface area contributed by atoms with Crippen molar-refractivity contribution in [2.45, 2.75) is 19.5 Å². The summed E-state index contributed by atoms with van der Waals surface area (Å²) >= 11 is 0. The molecule has 0 fully saturated rings. The average molecular weight is 317 g/mol. The monoisotopic (exact) mass is 316 g/mol. The van der Waals surface area contributed by atoms with Crippen LogP contribution in [-0.2, 0) is 17.9 Å². The molecule has 0 saturated heterocycles. The number of hydrogen-bond acceptors (Lipinski definition) is 2. The Hall–Kier alpha value is -1.84. The minimum absolute atomic E-state index is 0. The van der Waals surface area contributed by atoms with Crippen molar-refractivity contribution in [3.8, 4) is 11.1 Å². The number of nitrogens with zero attached hydrogens (tertiary/aromatic N) is 1. The highest BCUT2D eigenvalue weighted by atomic mass is 35.5. The molecule has 4 heteroatoms. The molecular weight excluding hydrogens is 296 g/mol. The first-order valence-electron chi connectivity index (χ1n) is 7.38. The van der Waals surface area contributed by atoms with E-state index in [4.69, 9.17) is 0 Å². The van der Waals surface area contributed by atoms with Gasteiger partial charge in [0.05, 0.1) is 0 Å². The van der Waals surface area contributed by atoms with Crippen LogP contribution < -0.4 is 5.32 Å². The number of nitrogens with one attached hydrogen (secondary N) is 1. The molecule has 0 atom stereocenters. The average Bonchev–Trinajstić information content (AvgIpc) is 2.69. The largest absolute Gasteiger partial charge is 0.334 e. The Morgan fingerprint density at radius 2 is 1.50 bits per heavy atom. The van der Waals surface area contributed by atoms with Crippen molar-refractivity contribution < 1.29 is 4.79 Å². The summed E-state index contributed by atoms with van der Waals surface area (Å²) < 4.78 is 0. The van der Waals surface area contributed by atoms with Crippen LogP contribution in [0.4, 0.5) is 0 Å². The molecule has 1 heterocycles. The lowest BCUT2D eigenvalue weighted by Crippen LogP contribution is -2.31. The van der Waals surface area contributed by atoms with E-state index in [2.05, 4.69) is 41.7 Å². The normalized spacial score (nSPS) is 12.7. The van der Waals surface area contributed by atoms with Crippen molar-refractivity contribution >= 4 is 18.3 Å². The predicted molar refractivity (Wildman–Crippen MR) is 91.9 cm³/mol. The minimum Gasteiger partial charge on any atom is -0.334 e. The van der Waals surface area contributed by atoms with E-state index in [0.29, 0.717) is 19.5 Å². The van der Waals surface area contributed by atoms with Crippen molar-refractivity contribution in [3.63, 3.8) is 0 Å². The van der Waals surface area contributed by atoms with Crippen molar-refractivity contribution in [1.82, 2.24) is 10.2 Å². The second kappa shape index (κ2) is 7.43. The molecule has 1 N–H and O–H groups in total. The third-order valence-corrected chi connectivity index (χ3v) is 3.99. The first-order chi connectivity index (χ1) is 10.3. The maximum Gasteiger partial charge on any atom is 0.224 e. The van der Waals surface area contributed by atoms with E-state index in [0.717, 1.165) is 6.54 Å². The fourth-order valence-electron chi connectivity index (χ4n) is 2.88. The van der Waals surface area contributed by atoms with Gasteiger partial charge >= 0.3 is 0 Å². The van der Waals surface area contributed by atoms with Gasteiger partial charge in [-0.15, -0.1) is 12.4 Å². The molecule has 0 radical (unpaired) electrons. The van der Waals surface area contributed by atoms with Gasteiger partial charge in [0.15, 0.2) is 0 Å². The van der Waals surface area contributed by atoms with Crippen LogP contribution in [0.1, 0.15) is 17.5 Å². The van der Waals surface area contributed by atoms with Crippen LogP contribution in [0.15, 0.2) is 48.5 Å². The lowest BCUT2D eigenvalue weighted by atomic mass is 9.97. The minimum atomic E-state index is 0. The van der Waals surface area contributed by atoms with Gasteiger partial charge in [-0.05, 0) is 29.3 Å².